The normalized spacial score (nSPS) is 32.2. The van der Waals surface area contributed by atoms with Crippen molar-refractivity contribution in [3.8, 4) is 0 Å². The fourth-order valence-electron chi connectivity index (χ4n) is 3.47. The summed E-state index contributed by atoms with van der Waals surface area (Å²) >= 11 is 5.92. The number of likely N-dealkylation sites (N-methyl/N-ethyl adjacent to an activating group) is 1. The lowest BCUT2D eigenvalue weighted by molar-refractivity contribution is 0.349. The van der Waals surface area contributed by atoms with Crippen LogP contribution >= 0.6 is 11.6 Å². The topological polar surface area (TPSA) is 12.0 Å². The van der Waals surface area contributed by atoms with Crippen LogP contribution in [0, 0.1) is 17.8 Å². The largest absolute Gasteiger partial charge is 0.316 e. The van der Waals surface area contributed by atoms with Gasteiger partial charge in [-0.2, -0.15) is 0 Å². The van der Waals surface area contributed by atoms with Gasteiger partial charge < -0.3 is 5.32 Å². The number of hydrogen-bond acceptors (Lipinski definition) is 1. The first-order chi connectivity index (χ1) is 8.26. The Bertz CT molecular complexity index is 376. The molecule has 0 saturated heterocycles. The lowest BCUT2D eigenvalue weighted by Gasteiger charge is -2.24. The monoisotopic (exact) mass is 249 g/mol. The Morgan fingerprint density at radius 1 is 1.18 bits per heavy atom. The molecule has 2 aliphatic rings. The Morgan fingerprint density at radius 2 is 1.82 bits per heavy atom. The zero-order valence-corrected chi connectivity index (χ0v) is 11.1. The van der Waals surface area contributed by atoms with E-state index in [4.69, 9.17) is 11.6 Å². The van der Waals surface area contributed by atoms with Gasteiger partial charge in [0.15, 0.2) is 0 Å². The van der Waals surface area contributed by atoms with Gasteiger partial charge in [0.1, 0.15) is 0 Å². The van der Waals surface area contributed by atoms with Crippen molar-refractivity contribution < 1.29 is 0 Å². The van der Waals surface area contributed by atoms with Crippen LogP contribution in [-0.2, 0) is 6.42 Å². The predicted octanol–water partition coefficient (Wildman–Crippen LogP) is 3.52. The number of fused-ring (bicyclic) bond motifs is 1. The summed E-state index contributed by atoms with van der Waals surface area (Å²) in [7, 11) is 2.10. The molecule has 0 radical (unpaired) electrons. The SMILES string of the molecule is CNC(Cc1ccc(Cl)cc1)C1CC2CC2C1. The van der Waals surface area contributed by atoms with E-state index >= 15 is 0 Å². The van der Waals surface area contributed by atoms with E-state index in [2.05, 4.69) is 24.5 Å². The maximum absolute atomic E-state index is 5.92. The molecular formula is C15H20ClN. The highest BCUT2D eigenvalue weighted by Gasteiger charge is 2.47. The molecule has 1 aromatic rings. The Balaban J connectivity index is 1.63. The van der Waals surface area contributed by atoms with Crippen LogP contribution in [0.1, 0.15) is 24.8 Å². The van der Waals surface area contributed by atoms with Gasteiger partial charge in [-0.15, -0.1) is 0 Å². The molecule has 3 rings (SSSR count). The standard InChI is InChI=1S/C15H20ClN/c1-17-15(13-8-11-7-12(11)9-13)6-10-2-4-14(16)5-3-10/h2-5,11-13,15,17H,6-9H2,1H3. The molecule has 3 unspecified atom stereocenters. The molecule has 2 aliphatic carbocycles. The summed E-state index contributed by atoms with van der Waals surface area (Å²) in [5, 5.41) is 4.35. The summed E-state index contributed by atoms with van der Waals surface area (Å²) in [5.41, 5.74) is 1.40. The van der Waals surface area contributed by atoms with Gasteiger partial charge in [-0.25, -0.2) is 0 Å². The molecule has 2 heteroatoms. The van der Waals surface area contributed by atoms with Crippen molar-refractivity contribution in [2.24, 2.45) is 17.8 Å². The molecule has 0 aliphatic heterocycles. The molecule has 0 heterocycles. The molecule has 2 saturated carbocycles. The Hall–Kier alpha value is -0.530. The van der Waals surface area contributed by atoms with Crippen molar-refractivity contribution in [1.29, 1.82) is 0 Å². The van der Waals surface area contributed by atoms with Crippen LogP contribution in [0.2, 0.25) is 5.02 Å². The van der Waals surface area contributed by atoms with E-state index in [1.54, 1.807) is 0 Å². The highest BCUT2D eigenvalue weighted by Crippen LogP contribution is 2.55. The Labute approximate surface area is 109 Å². The maximum atomic E-state index is 5.92. The van der Waals surface area contributed by atoms with E-state index in [0.717, 1.165) is 29.2 Å². The zero-order valence-electron chi connectivity index (χ0n) is 10.3. The van der Waals surface area contributed by atoms with E-state index in [1.807, 2.05) is 12.1 Å². The second kappa shape index (κ2) is 4.62. The van der Waals surface area contributed by atoms with Crippen LogP contribution in [0.4, 0.5) is 0 Å². The molecule has 0 bridgehead atoms. The van der Waals surface area contributed by atoms with Gasteiger partial charge in [-0.05, 0) is 68.2 Å². The highest BCUT2D eigenvalue weighted by atomic mass is 35.5. The summed E-state index contributed by atoms with van der Waals surface area (Å²) < 4.78 is 0. The molecule has 92 valence electrons. The van der Waals surface area contributed by atoms with E-state index < -0.39 is 0 Å². The summed E-state index contributed by atoms with van der Waals surface area (Å²) in [6.45, 7) is 0. The van der Waals surface area contributed by atoms with E-state index in [1.165, 1.54) is 24.8 Å². The van der Waals surface area contributed by atoms with Crippen molar-refractivity contribution >= 4 is 11.6 Å². The minimum absolute atomic E-state index is 0.643. The maximum Gasteiger partial charge on any atom is 0.0406 e. The van der Waals surface area contributed by atoms with Crippen molar-refractivity contribution in [2.75, 3.05) is 7.05 Å². The van der Waals surface area contributed by atoms with Gasteiger partial charge in [0.25, 0.3) is 0 Å². The van der Waals surface area contributed by atoms with Crippen molar-refractivity contribution in [2.45, 2.75) is 31.7 Å². The molecule has 1 N–H and O–H groups in total. The number of benzene rings is 1. The molecule has 1 aromatic carbocycles. The van der Waals surface area contributed by atoms with Crippen LogP contribution in [0.25, 0.3) is 0 Å². The number of rotatable bonds is 4. The second-order valence-electron chi connectivity index (χ2n) is 5.71. The average Bonchev–Trinajstić information content (AvgIpc) is 2.95. The summed E-state index contributed by atoms with van der Waals surface area (Å²) in [4.78, 5) is 0. The summed E-state index contributed by atoms with van der Waals surface area (Å²) in [5.74, 6) is 3.03. The molecule has 1 nitrogen and oxygen atoms in total. The third-order valence-electron chi connectivity index (χ3n) is 4.59. The van der Waals surface area contributed by atoms with Crippen LogP contribution < -0.4 is 5.32 Å². The molecular weight excluding hydrogens is 230 g/mol. The zero-order chi connectivity index (χ0) is 11.8. The lowest BCUT2D eigenvalue weighted by Crippen LogP contribution is -2.35. The van der Waals surface area contributed by atoms with Crippen LogP contribution in [0.5, 0.6) is 0 Å². The smallest absolute Gasteiger partial charge is 0.0406 e. The average molecular weight is 250 g/mol. The third-order valence-corrected chi connectivity index (χ3v) is 4.84. The van der Waals surface area contributed by atoms with Gasteiger partial charge in [0.05, 0.1) is 0 Å². The van der Waals surface area contributed by atoms with E-state index in [9.17, 15) is 0 Å². The van der Waals surface area contributed by atoms with Gasteiger partial charge in [-0.1, -0.05) is 23.7 Å². The number of nitrogens with one attached hydrogen (secondary N) is 1. The fourth-order valence-corrected chi connectivity index (χ4v) is 3.59. The first-order valence-electron chi connectivity index (χ1n) is 6.68. The van der Waals surface area contributed by atoms with Gasteiger partial charge in [-0.3, -0.25) is 0 Å². The molecule has 0 aromatic heterocycles. The van der Waals surface area contributed by atoms with Crippen LogP contribution in [0.3, 0.4) is 0 Å². The molecule has 2 fully saturated rings. The van der Waals surface area contributed by atoms with Gasteiger partial charge in [0, 0.05) is 11.1 Å². The second-order valence-corrected chi connectivity index (χ2v) is 6.15. The number of hydrogen-bond donors (Lipinski definition) is 1. The number of halogens is 1. The minimum Gasteiger partial charge on any atom is -0.316 e. The van der Waals surface area contributed by atoms with Crippen molar-refractivity contribution in [3.05, 3.63) is 34.9 Å². The van der Waals surface area contributed by atoms with Crippen molar-refractivity contribution in [3.63, 3.8) is 0 Å². The minimum atomic E-state index is 0.643. The van der Waals surface area contributed by atoms with E-state index in [-0.39, 0.29) is 0 Å². The molecule has 0 amide bonds. The molecule has 3 atom stereocenters. The molecule has 0 spiro atoms. The van der Waals surface area contributed by atoms with Gasteiger partial charge in [0.2, 0.25) is 0 Å². The Morgan fingerprint density at radius 3 is 2.41 bits per heavy atom. The summed E-state index contributed by atoms with van der Waals surface area (Å²) in [6.07, 6.45) is 5.54. The lowest BCUT2D eigenvalue weighted by atomic mass is 9.90. The molecule has 17 heavy (non-hydrogen) atoms. The predicted molar refractivity (Wildman–Crippen MR) is 72.3 cm³/mol. The quantitative estimate of drug-likeness (QED) is 0.861. The van der Waals surface area contributed by atoms with Crippen molar-refractivity contribution in [1.82, 2.24) is 5.32 Å². The summed E-state index contributed by atoms with van der Waals surface area (Å²) in [6, 6.07) is 8.94. The fraction of sp³-hybridized carbons (Fsp3) is 0.600. The van der Waals surface area contributed by atoms with Crippen LogP contribution in [-0.4, -0.2) is 13.1 Å². The third kappa shape index (κ3) is 2.51. The van der Waals surface area contributed by atoms with Gasteiger partial charge >= 0.3 is 0 Å². The first kappa shape index (κ1) is 11.6. The Kier molecular flexibility index (Phi) is 3.14. The van der Waals surface area contributed by atoms with E-state index in [0.29, 0.717) is 6.04 Å². The highest BCUT2D eigenvalue weighted by molar-refractivity contribution is 6.30. The first-order valence-corrected chi connectivity index (χ1v) is 7.05. The van der Waals surface area contributed by atoms with Crippen LogP contribution in [0.15, 0.2) is 24.3 Å².